The fraction of sp³-hybridized carbons (Fsp3) is 0.417. The summed E-state index contributed by atoms with van der Waals surface area (Å²) in [5, 5.41) is 14.9. The SMILES string of the molecule is N#Cc1ccc(NCC2COCCN2)c(F)c1. The van der Waals surface area contributed by atoms with Crippen LogP contribution in [0.15, 0.2) is 18.2 Å². The third kappa shape index (κ3) is 3.16. The Morgan fingerprint density at radius 3 is 3.12 bits per heavy atom. The molecule has 1 heterocycles. The third-order valence-corrected chi connectivity index (χ3v) is 2.64. The summed E-state index contributed by atoms with van der Waals surface area (Å²) < 4.78 is 18.8. The Labute approximate surface area is 99.4 Å². The number of rotatable bonds is 3. The highest BCUT2D eigenvalue weighted by Gasteiger charge is 2.13. The van der Waals surface area contributed by atoms with Gasteiger partial charge in [-0.05, 0) is 18.2 Å². The van der Waals surface area contributed by atoms with Crippen molar-refractivity contribution < 1.29 is 9.13 Å². The van der Waals surface area contributed by atoms with Gasteiger partial charge in [0.15, 0.2) is 0 Å². The molecule has 0 aliphatic carbocycles. The summed E-state index contributed by atoms with van der Waals surface area (Å²) in [6.45, 7) is 2.78. The van der Waals surface area contributed by atoms with Gasteiger partial charge in [0.2, 0.25) is 0 Å². The zero-order valence-electron chi connectivity index (χ0n) is 9.37. The minimum atomic E-state index is -0.402. The van der Waals surface area contributed by atoms with Gasteiger partial charge in [0, 0.05) is 19.1 Å². The quantitative estimate of drug-likeness (QED) is 0.823. The predicted octanol–water partition coefficient (Wildman–Crippen LogP) is 1.10. The van der Waals surface area contributed by atoms with Crippen LogP contribution in [0.25, 0.3) is 0 Å². The van der Waals surface area contributed by atoms with Crippen LogP contribution in [-0.2, 0) is 4.74 Å². The summed E-state index contributed by atoms with van der Waals surface area (Å²) in [6, 6.07) is 6.50. The third-order valence-electron chi connectivity index (χ3n) is 2.64. The van der Waals surface area contributed by atoms with E-state index in [9.17, 15) is 4.39 Å². The molecule has 0 bridgehead atoms. The Morgan fingerprint density at radius 1 is 1.59 bits per heavy atom. The molecule has 90 valence electrons. The second-order valence-electron chi connectivity index (χ2n) is 3.91. The van der Waals surface area contributed by atoms with Gasteiger partial charge in [-0.15, -0.1) is 0 Å². The summed E-state index contributed by atoms with van der Waals surface area (Å²) in [5.41, 5.74) is 0.739. The maximum atomic E-state index is 13.5. The molecule has 4 nitrogen and oxygen atoms in total. The van der Waals surface area contributed by atoms with Gasteiger partial charge in [0.25, 0.3) is 0 Å². The van der Waals surface area contributed by atoms with Crippen molar-refractivity contribution in [3.63, 3.8) is 0 Å². The van der Waals surface area contributed by atoms with Crippen molar-refractivity contribution in [2.24, 2.45) is 0 Å². The van der Waals surface area contributed by atoms with Gasteiger partial charge < -0.3 is 15.4 Å². The molecule has 1 aliphatic heterocycles. The number of anilines is 1. The second kappa shape index (κ2) is 5.62. The number of nitriles is 1. The fourth-order valence-electron chi connectivity index (χ4n) is 1.71. The van der Waals surface area contributed by atoms with Crippen LogP contribution in [0.2, 0.25) is 0 Å². The van der Waals surface area contributed by atoms with Gasteiger partial charge in [0.05, 0.1) is 30.5 Å². The molecular formula is C12H14FN3O. The maximum Gasteiger partial charge on any atom is 0.147 e. The molecule has 2 N–H and O–H groups in total. The molecule has 0 spiro atoms. The van der Waals surface area contributed by atoms with Crippen LogP contribution in [0, 0.1) is 17.1 Å². The van der Waals surface area contributed by atoms with Crippen molar-refractivity contribution in [1.29, 1.82) is 5.26 Å². The van der Waals surface area contributed by atoms with Gasteiger partial charge in [-0.3, -0.25) is 0 Å². The molecule has 1 fully saturated rings. The largest absolute Gasteiger partial charge is 0.381 e. The van der Waals surface area contributed by atoms with Crippen molar-refractivity contribution in [3.05, 3.63) is 29.6 Å². The zero-order valence-corrected chi connectivity index (χ0v) is 9.37. The summed E-state index contributed by atoms with van der Waals surface area (Å²) in [5.74, 6) is -0.402. The number of halogens is 1. The average molecular weight is 235 g/mol. The monoisotopic (exact) mass is 235 g/mol. The standard InChI is InChI=1S/C12H14FN3O/c13-11-5-9(6-14)1-2-12(11)16-7-10-8-17-4-3-15-10/h1-2,5,10,15-16H,3-4,7-8H2. The first-order valence-corrected chi connectivity index (χ1v) is 5.54. The highest BCUT2D eigenvalue weighted by atomic mass is 19.1. The summed E-state index contributed by atoms with van der Waals surface area (Å²) in [7, 11) is 0. The molecule has 2 rings (SSSR count). The Kier molecular flexibility index (Phi) is 3.91. The van der Waals surface area contributed by atoms with Crippen LogP contribution >= 0.6 is 0 Å². The topological polar surface area (TPSA) is 57.1 Å². The van der Waals surface area contributed by atoms with Crippen LogP contribution in [0.1, 0.15) is 5.56 Å². The van der Waals surface area contributed by atoms with Crippen molar-refractivity contribution >= 4 is 5.69 Å². The minimum Gasteiger partial charge on any atom is -0.381 e. The van der Waals surface area contributed by atoms with Crippen LogP contribution in [0.4, 0.5) is 10.1 Å². The van der Waals surface area contributed by atoms with Gasteiger partial charge in [-0.25, -0.2) is 4.39 Å². The smallest absolute Gasteiger partial charge is 0.147 e. The van der Waals surface area contributed by atoms with Gasteiger partial charge in [0.1, 0.15) is 5.82 Å². The van der Waals surface area contributed by atoms with Crippen LogP contribution < -0.4 is 10.6 Å². The Hall–Kier alpha value is -1.64. The van der Waals surface area contributed by atoms with E-state index in [1.165, 1.54) is 6.07 Å². The molecule has 0 radical (unpaired) electrons. The first kappa shape index (κ1) is 11.8. The van der Waals surface area contributed by atoms with Gasteiger partial charge >= 0.3 is 0 Å². The second-order valence-corrected chi connectivity index (χ2v) is 3.91. The van der Waals surface area contributed by atoms with Crippen molar-refractivity contribution in [3.8, 4) is 6.07 Å². The van der Waals surface area contributed by atoms with E-state index in [-0.39, 0.29) is 6.04 Å². The van der Waals surface area contributed by atoms with E-state index in [1.54, 1.807) is 12.1 Å². The van der Waals surface area contributed by atoms with Crippen molar-refractivity contribution in [1.82, 2.24) is 5.32 Å². The van der Waals surface area contributed by atoms with E-state index in [0.717, 1.165) is 13.2 Å². The highest BCUT2D eigenvalue weighted by Crippen LogP contribution is 2.15. The van der Waals surface area contributed by atoms with E-state index in [4.69, 9.17) is 10.00 Å². The number of benzene rings is 1. The molecule has 0 amide bonds. The minimum absolute atomic E-state index is 0.193. The number of morpholine rings is 1. The molecule has 1 unspecified atom stereocenters. The lowest BCUT2D eigenvalue weighted by atomic mass is 10.2. The van der Waals surface area contributed by atoms with Crippen LogP contribution in [0.5, 0.6) is 0 Å². The first-order valence-electron chi connectivity index (χ1n) is 5.54. The summed E-state index contributed by atoms with van der Waals surface area (Å²) in [4.78, 5) is 0. The Balaban J connectivity index is 1.92. The van der Waals surface area contributed by atoms with Gasteiger partial charge in [-0.1, -0.05) is 0 Å². The van der Waals surface area contributed by atoms with Crippen molar-refractivity contribution in [2.75, 3.05) is 31.6 Å². The molecule has 1 aromatic rings. The summed E-state index contributed by atoms with van der Waals surface area (Å²) in [6.07, 6.45) is 0. The maximum absolute atomic E-state index is 13.5. The van der Waals surface area contributed by atoms with E-state index in [0.29, 0.717) is 24.4 Å². The molecule has 0 aromatic heterocycles. The lowest BCUT2D eigenvalue weighted by Crippen LogP contribution is -2.45. The lowest BCUT2D eigenvalue weighted by molar-refractivity contribution is 0.0806. The predicted molar refractivity (Wildman–Crippen MR) is 62.2 cm³/mol. The number of nitrogens with one attached hydrogen (secondary N) is 2. The molecule has 1 aliphatic rings. The number of hydrogen-bond acceptors (Lipinski definition) is 4. The molecule has 1 saturated heterocycles. The number of nitrogens with zero attached hydrogens (tertiary/aromatic N) is 1. The normalized spacial score (nSPS) is 19.6. The van der Waals surface area contributed by atoms with Crippen molar-refractivity contribution in [2.45, 2.75) is 6.04 Å². The Bertz CT molecular complexity index is 424. The Morgan fingerprint density at radius 2 is 2.47 bits per heavy atom. The average Bonchev–Trinajstić information content (AvgIpc) is 2.38. The van der Waals surface area contributed by atoms with E-state index in [1.807, 2.05) is 6.07 Å². The van der Waals surface area contributed by atoms with E-state index >= 15 is 0 Å². The molecule has 5 heteroatoms. The van der Waals surface area contributed by atoms with Crippen LogP contribution in [0.3, 0.4) is 0 Å². The molecule has 1 atom stereocenters. The molecule has 1 aromatic carbocycles. The summed E-state index contributed by atoms with van der Waals surface area (Å²) >= 11 is 0. The molecular weight excluding hydrogens is 221 g/mol. The lowest BCUT2D eigenvalue weighted by Gasteiger charge is -2.24. The van der Waals surface area contributed by atoms with Crippen LogP contribution in [-0.4, -0.2) is 32.3 Å². The first-order chi connectivity index (χ1) is 8.29. The zero-order chi connectivity index (χ0) is 12.1. The van der Waals surface area contributed by atoms with E-state index < -0.39 is 5.82 Å². The van der Waals surface area contributed by atoms with Gasteiger partial charge in [-0.2, -0.15) is 5.26 Å². The fourth-order valence-corrected chi connectivity index (χ4v) is 1.71. The number of ether oxygens (including phenoxy) is 1. The number of hydrogen-bond donors (Lipinski definition) is 2. The van der Waals surface area contributed by atoms with E-state index in [2.05, 4.69) is 10.6 Å². The molecule has 0 saturated carbocycles. The highest BCUT2D eigenvalue weighted by molar-refractivity contribution is 5.48. The molecule has 17 heavy (non-hydrogen) atoms.